The summed E-state index contributed by atoms with van der Waals surface area (Å²) >= 11 is 0. The monoisotopic (exact) mass is 97.1 g/mol. The lowest BCUT2D eigenvalue weighted by Gasteiger charge is -1.75. The summed E-state index contributed by atoms with van der Waals surface area (Å²) in [7, 11) is 0. The molecule has 0 saturated carbocycles. The van der Waals surface area contributed by atoms with Gasteiger partial charge in [0, 0.05) is 0 Å². The number of Topliss-reactive ketones (excluding diaryl/α,β-unsaturated/α-hetero) is 1. The highest BCUT2D eigenvalue weighted by Crippen LogP contribution is 1.66. The molecule has 0 spiro atoms. The van der Waals surface area contributed by atoms with E-state index in [4.69, 9.17) is 0 Å². The summed E-state index contributed by atoms with van der Waals surface area (Å²) in [6, 6.07) is 0. The molecule has 0 aromatic rings. The highest BCUT2D eigenvalue weighted by molar-refractivity contribution is 5.78. The van der Waals surface area contributed by atoms with E-state index in [2.05, 4.69) is 17.4 Å². The van der Waals surface area contributed by atoms with Crippen molar-refractivity contribution in [1.29, 1.82) is 0 Å². The number of hydrogen-bond donors (Lipinski definition) is 0. The second kappa shape index (κ2) is 3.32. The Morgan fingerprint density at radius 3 is 2.71 bits per heavy atom. The smallest absolute Gasteiger partial charge is 0.151 e. The maximum absolute atomic E-state index is 10.0. The first kappa shape index (κ1) is 6.12. The number of ketones is 1. The first-order valence-corrected chi connectivity index (χ1v) is 1.95. The van der Waals surface area contributed by atoms with Crippen LogP contribution in [0.15, 0.2) is 11.6 Å². The van der Waals surface area contributed by atoms with Crippen LogP contribution in [0.4, 0.5) is 0 Å². The van der Waals surface area contributed by atoms with Crippen molar-refractivity contribution < 1.29 is 4.79 Å². The van der Waals surface area contributed by atoms with Crippen LogP contribution >= 0.6 is 0 Å². The van der Waals surface area contributed by atoms with Gasteiger partial charge in [-0.25, -0.2) is 4.99 Å². The van der Waals surface area contributed by atoms with Gasteiger partial charge in [0.2, 0.25) is 0 Å². The third-order valence-corrected chi connectivity index (χ3v) is 0.414. The van der Waals surface area contributed by atoms with E-state index in [9.17, 15) is 4.79 Å². The van der Waals surface area contributed by atoms with Crippen molar-refractivity contribution >= 4 is 11.7 Å². The van der Waals surface area contributed by atoms with E-state index in [1.807, 2.05) is 0 Å². The minimum Gasteiger partial charge on any atom is -0.298 e. The lowest BCUT2D eigenvalue weighted by atomic mass is 10.5. The number of carbonyl (C=O) groups excluding carboxylic acids is 1. The summed E-state index contributed by atoms with van der Waals surface area (Å²) in [4.78, 5) is 13.5. The van der Waals surface area contributed by atoms with Crippen LogP contribution in [0.3, 0.4) is 0 Å². The predicted octanol–water partition coefficient (Wildman–Crippen LogP) is 0.431. The van der Waals surface area contributed by atoms with E-state index in [1.54, 1.807) is 0 Å². The van der Waals surface area contributed by atoms with E-state index < -0.39 is 0 Å². The first-order valence-electron chi connectivity index (χ1n) is 1.95. The summed E-state index contributed by atoms with van der Waals surface area (Å²) in [5.74, 6) is 2.29. The van der Waals surface area contributed by atoms with Crippen LogP contribution in [0.25, 0.3) is 0 Å². The largest absolute Gasteiger partial charge is 0.298 e. The Balaban J connectivity index is 3.32. The molecule has 7 heavy (non-hydrogen) atoms. The van der Waals surface area contributed by atoms with E-state index >= 15 is 0 Å². The molecule has 0 amide bonds. The number of hydrogen-bond acceptors (Lipinski definition) is 2. The third-order valence-electron chi connectivity index (χ3n) is 0.414. The fourth-order valence-corrected chi connectivity index (χ4v) is 0.167. The van der Waals surface area contributed by atoms with Crippen molar-refractivity contribution in [2.75, 3.05) is 6.54 Å². The molecule has 0 aliphatic rings. The molecule has 0 saturated heterocycles. The van der Waals surface area contributed by atoms with Crippen molar-refractivity contribution in [3.8, 4) is 0 Å². The van der Waals surface area contributed by atoms with E-state index in [0.29, 0.717) is 0 Å². The average molecular weight is 97.1 g/mol. The van der Waals surface area contributed by atoms with Crippen molar-refractivity contribution in [2.45, 2.75) is 6.92 Å². The molecule has 0 rings (SSSR count). The highest BCUT2D eigenvalue weighted by atomic mass is 16.1. The second-order valence-electron chi connectivity index (χ2n) is 1.18. The van der Waals surface area contributed by atoms with Gasteiger partial charge in [0.25, 0.3) is 0 Å². The molecule has 2 heteroatoms. The van der Waals surface area contributed by atoms with Crippen LogP contribution in [0, 0.1) is 0 Å². The van der Waals surface area contributed by atoms with Crippen LogP contribution in [0.5, 0.6) is 0 Å². The Bertz CT molecular complexity index is 111. The van der Waals surface area contributed by atoms with Crippen molar-refractivity contribution in [2.24, 2.45) is 4.99 Å². The molecule has 0 atom stereocenters. The summed E-state index contributed by atoms with van der Waals surface area (Å²) in [5.41, 5.74) is 0. The highest BCUT2D eigenvalue weighted by Gasteiger charge is 1.82. The SMILES string of the molecule is C=C=NCC(C)=O. The molecule has 0 fully saturated rings. The number of nitrogens with zero attached hydrogens (tertiary/aromatic N) is 1. The molecule has 2 nitrogen and oxygen atoms in total. The molecule has 0 aromatic carbocycles. The van der Waals surface area contributed by atoms with Crippen LogP contribution < -0.4 is 0 Å². The first-order chi connectivity index (χ1) is 3.27. The minimum atomic E-state index is 0.0381. The van der Waals surface area contributed by atoms with Gasteiger partial charge in [0.05, 0.1) is 0 Å². The second-order valence-corrected chi connectivity index (χ2v) is 1.18. The van der Waals surface area contributed by atoms with Gasteiger partial charge in [-0.1, -0.05) is 0 Å². The third kappa shape index (κ3) is 5.12. The number of aliphatic imine (C=N–C) groups is 1. The summed E-state index contributed by atoms with van der Waals surface area (Å²) in [6.07, 6.45) is 0. The molecule has 0 bridgehead atoms. The molecule has 0 aliphatic carbocycles. The fourth-order valence-electron chi connectivity index (χ4n) is 0.167. The van der Waals surface area contributed by atoms with Gasteiger partial charge < -0.3 is 0 Å². The molecule has 38 valence electrons. The number of carbonyl (C=O) groups is 1. The Morgan fingerprint density at radius 2 is 2.57 bits per heavy atom. The predicted molar refractivity (Wildman–Crippen MR) is 28.6 cm³/mol. The fraction of sp³-hybridized carbons (Fsp3) is 0.400. The molecule has 0 radical (unpaired) electrons. The Kier molecular flexibility index (Phi) is 2.90. The van der Waals surface area contributed by atoms with Gasteiger partial charge in [0.15, 0.2) is 5.78 Å². The molecule has 0 N–H and O–H groups in total. The van der Waals surface area contributed by atoms with Crippen LogP contribution in [-0.2, 0) is 4.79 Å². The summed E-state index contributed by atoms with van der Waals surface area (Å²) in [6.45, 7) is 4.87. The Morgan fingerprint density at radius 1 is 2.00 bits per heavy atom. The molecular formula is C5H7NO. The zero-order chi connectivity index (χ0) is 5.70. The van der Waals surface area contributed by atoms with Crippen LogP contribution in [-0.4, -0.2) is 18.2 Å². The molecule has 0 aliphatic heterocycles. The van der Waals surface area contributed by atoms with E-state index in [-0.39, 0.29) is 12.3 Å². The summed E-state index contributed by atoms with van der Waals surface area (Å²) < 4.78 is 0. The van der Waals surface area contributed by atoms with Crippen LogP contribution in [0.1, 0.15) is 6.92 Å². The van der Waals surface area contributed by atoms with Gasteiger partial charge in [-0.15, -0.1) is 0 Å². The molecule has 0 aromatic heterocycles. The van der Waals surface area contributed by atoms with Gasteiger partial charge in [0.1, 0.15) is 6.54 Å². The van der Waals surface area contributed by atoms with Crippen molar-refractivity contribution in [1.82, 2.24) is 0 Å². The standard InChI is InChI=1S/C5H7NO/c1-3-6-4-5(2)7/h1,4H2,2H3. The van der Waals surface area contributed by atoms with Crippen molar-refractivity contribution in [3.63, 3.8) is 0 Å². The Hall–Kier alpha value is -0.880. The normalized spacial score (nSPS) is 7.00. The van der Waals surface area contributed by atoms with Gasteiger partial charge >= 0.3 is 0 Å². The lowest BCUT2D eigenvalue weighted by Crippen LogP contribution is -1.92. The zero-order valence-corrected chi connectivity index (χ0v) is 4.27. The van der Waals surface area contributed by atoms with Gasteiger partial charge in [-0.05, 0) is 19.4 Å². The average Bonchev–Trinajstić information content (AvgIpc) is 1.61. The Labute approximate surface area is 42.6 Å². The summed E-state index contributed by atoms with van der Waals surface area (Å²) in [5, 5.41) is 0. The molecule has 0 unspecified atom stereocenters. The van der Waals surface area contributed by atoms with E-state index in [0.717, 1.165) is 0 Å². The molecular weight excluding hydrogens is 90.1 g/mol. The topological polar surface area (TPSA) is 29.4 Å². The zero-order valence-electron chi connectivity index (χ0n) is 4.27. The lowest BCUT2D eigenvalue weighted by molar-refractivity contribution is -0.115. The van der Waals surface area contributed by atoms with Gasteiger partial charge in [-0.3, -0.25) is 4.79 Å². The maximum atomic E-state index is 10.0. The number of rotatable bonds is 2. The van der Waals surface area contributed by atoms with Crippen molar-refractivity contribution in [3.05, 3.63) is 6.58 Å². The van der Waals surface area contributed by atoms with Gasteiger partial charge in [-0.2, -0.15) is 0 Å². The van der Waals surface area contributed by atoms with Crippen LogP contribution in [0.2, 0.25) is 0 Å². The maximum Gasteiger partial charge on any atom is 0.151 e. The molecule has 0 heterocycles. The van der Waals surface area contributed by atoms with E-state index in [1.165, 1.54) is 6.92 Å². The quantitative estimate of drug-likeness (QED) is 0.459. The minimum absolute atomic E-state index is 0.0381.